The number of rotatable bonds is 3. The average molecular weight is 314 g/mol. The van der Waals surface area contributed by atoms with Crippen LogP contribution in [0.5, 0.6) is 0 Å². The molecule has 3 N–H and O–H groups in total. The Morgan fingerprint density at radius 2 is 2.18 bits per heavy atom. The Morgan fingerprint density at radius 1 is 1.35 bits per heavy atom. The van der Waals surface area contributed by atoms with Crippen LogP contribution in [0.1, 0.15) is 5.56 Å². The van der Waals surface area contributed by atoms with Gasteiger partial charge in [-0.25, -0.2) is 9.97 Å². The van der Waals surface area contributed by atoms with Crippen molar-refractivity contribution in [2.24, 2.45) is 0 Å². The highest BCUT2D eigenvalue weighted by Crippen LogP contribution is 2.23. The summed E-state index contributed by atoms with van der Waals surface area (Å²) in [5.41, 5.74) is 6.70. The normalized spacial score (nSPS) is 10.2. The van der Waals surface area contributed by atoms with Gasteiger partial charge in [0.25, 0.3) is 0 Å². The van der Waals surface area contributed by atoms with Gasteiger partial charge in [0.15, 0.2) is 5.82 Å². The third-order valence-electron chi connectivity index (χ3n) is 2.17. The maximum Gasteiger partial charge on any atom is 0.150 e. The molecular formula is C11H10BrClN4. The van der Waals surface area contributed by atoms with E-state index >= 15 is 0 Å². The number of nitrogen functional groups attached to an aromatic ring is 1. The molecule has 0 atom stereocenters. The zero-order valence-corrected chi connectivity index (χ0v) is 11.2. The molecule has 1 aromatic heterocycles. The number of hydrogen-bond acceptors (Lipinski definition) is 4. The van der Waals surface area contributed by atoms with Crippen molar-refractivity contribution >= 4 is 39.2 Å². The van der Waals surface area contributed by atoms with E-state index in [0.717, 1.165) is 10.0 Å². The fraction of sp³-hybridized carbons (Fsp3) is 0.0909. The molecule has 0 amide bonds. The van der Waals surface area contributed by atoms with E-state index in [-0.39, 0.29) is 5.82 Å². The number of nitrogens with two attached hydrogens (primary N) is 1. The second-order valence-corrected chi connectivity index (χ2v) is 4.70. The number of anilines is 2. The summed E-state index contributed by atoms with van der Waals surface area (Å²) in [7, 11) is 0. The Balaban J connectivity index is 2.10. The highest BCUT2D eigenvalue weighted by molar-refractivity contribution is 9.10. The van der Waals surface area contributed by atoms with E-state index in [1.165, 1.54) is 6.33 Å². The first-order valence-corrected chi connectivity index (χ1v) is 6.08. The van der Waals surface area contributed by atoms with E-state index in [1.807, 2.05) is 24.3 Å². The van der Waals surface area contributed by atoms with E-state index in [0.29, 0.717) is 17.4 Å². The largest absolute Gasteiger partial charge is 0.382 e. The second-order valence-electron chi connectivity index (χ2n) is 3.40. The predicted octanol–water partition coefficient (Wildman–Crippen LogP) is 3.09. The molecular weight excluding hydrogens is 304 g/mol. The molecule has 0 bridgehead atoms. The molecule has 0 radical (unpaired) electrons. The van der Waals surface area contributed by atoms with Gasteiger partial charge in [-0.2, -0.15) is 0 Å². The zero-order valence-electron chi connectivity index (χ0n) is 8.82. The molecule has 0 fully saturated rings. The third-order valence-corrected chi connectivity index (χ3v) is 3.03. The fourth-order valence-corrected chi connectivity index (χ4v) is 1.95. The number of aromatic nitrogens is 2. The van der Waals surface area contributed by atoms with Crippen molar-refractivity contribution in [3.05, 3.63) is 45.7 Å². The van der Waals surface area contributed by atoms with Gasteiger partial charge in [0, 0.05) is 11.0 Å². The zero-order chi connectivity index (χ0) is 12.3. The minimum Gasteiger partial charge on any atom is -0.382 e. The van der Waals surface area contributed by atoms with Gasteiger partial charge >= 0.3 is 0 Å². The summed E-state index contributed by atoms with van der Waals surface area (Å²) in [6, 6.07) is 7.97. The SMILES string of the molecule is Nc1ncnc(NCc2cccc(Br)c2)c1Cl. The average Bonchev–Trinajstić information content (AvgIpc) is 2.31. The van der Waals surface area contributed by atoms with Gasteiger partial charge in [-0.05, 0) is 17.7 Å². The Kier molecular flexibility index (Phi) is 3.81. The Labute approximate surface area is 112 Å². The first-order chi connectivity index (χ1) is 8.16. The summed E-state index contributed by atoms with van der Waals surface area (Å²) >= 11 is 9.38. The van der Waals surface area contributed by atoms with Crippen LogP contribution in [0.2, 0.25) is 5.02 Å². The van der Waals surface area contributed by atoms with Crippen molar-refractivity contribution in [3.8, 4) is 0 Å². The van der Waals surface area contributed by atoms with Crippen LogP contribution in [0.4, 0.5) is 11.6 Å². The standard InChI is InChI=1S/C11H10BrClN4/c12-8-3-1-2-7(4-8)5-15-11-9(13)10(14)16-6-17-11/h1-4,6H,5H2,(H3,14,15,16,17). The van der Waals surface area contributed by atoms with E-state index in [2.05, 4.69) is 31.2 Å². The highest BCUT2D eigenvalue weighted by Gasteiger charge is 2.05. The van der Waals surface area contributed by atoms with Gasteiger partial charge in [-0.3, -0.25) is 0 Å². The van der Waals surface area contributed by atoms with Crippen molar-refractivity contribution in [2.75, 3.05) is 11.1 Å². The van der Waals surface area contributed by atoms with Crippen LogP contribution >= 0.6 is 27.5 Å². The first-order valence-electron chi connectivity index (χ1n) is 4.91. The van der Waals surface area contributed by atoms with Crippen molar-refractivity contribution in [1.82, 2.24) is 9.97 Å². The smallest absolute Gasteiger partial charge is 0.150 e. The van der Waals surface area contributed by atoms with Crippen molar-refractivity contribution in [3.63, 3.8) is 0 Å². The maximum atomic E-state index is 5.97. The van der Waals surface area contributed by atoms with Gasteiger partial charge in [-0.15, -0.1) is 0 Å². The minimum atomic E-state index is 0.276. The molecule has 0 saturated carbocycles. The number of benzene rings is 1. The van der Waals surface area contributed by atoms with E-state index in [1.54, 1.807) is 0 Å². The van der Waals surface area contributed by atoms with Crippen molar-refractivity contribution < 1.29 is 0 Å². The van der Waals surface area contributed by atoms with E-state index in [4.69, 9.17) is 17.3 Å². The topological polar surface area (TPSA) is 63.8 Å². The van der Waals surface area contributed by atoms with Crippen molar-refractivity contribution in [1.29, 1.82) is 0 Å². The van der Waals surface area contributed by atoms with Gasteiger partial charge in [-0.1, -0.05) is 39.7 Å². The molecule has 0 aliphatic rings. The summed E-state index contributed by atoms with van der Waals surface area (Å²) < 4.78 is 1.03. The monoisotopic (exact) mass is 312 g/mol. The number of nitrogens with zero attached hydrogens (tertiary/aromatic N) is 2. The molecule has 17 heavy (non-hydrogen) atoms. The van der Waals surface area contributed by atoms with Crippen LogP contribution < -0.4 is 11.1 Å². The Bertz CT molecular complexity index is 533. The van der Waals surface area contributed by atoms with Crippen molar-refractivity contribution in [2.45, 2.75) is 6.54 Å². The second kappa shape index (κ2) is 5.33. The molecule has 6 heteroatoms. The Morgan fingerprint density at radius 3 is 2.94 bits per heavy atom. The van der Waals surface area contributed by atoms with E-state index < -0.39 is 0 Å². The van der Waals surface area contributed by atoms with Crippen LogP contribution in [0.25, 0.3) is 0 Å². The first kappa shape index (κ1) is 12.1. The Hall–Kier alpha value is -1.33. The molecule has 0 unspecified atom stereocenters. The molecule has 0 aliphatic heterocycles. The number of halogens is 2. The van der Waals surface area contributed by atoms with Gasteiger partial charge in [0.1, 0.15) is 17.2 Å². The molecule has 2 rings (SSSR count). The molecule has 0 saturated heterocycles. The van der Waals surface area contributed by atoms with Crippen LogP contribution in [0.3, 0.4) is 0 Å². The highest BCUT2D eigenvalue weighted by atomic mass is 79.9. The lowest BCUT2D eigenvalue weighted by Crippen LogP contribution is -2.04. The molecule has 1 heterocycles. The van der Waals surface area contributed by atoms with Gasteiger partial charge in [0.05, 0.1) is 0 Å². The summed E-state index contributed by atoms with van der Waals surface area (Å²) in [6.07, 6.45) is 1.38. The van der Waals surface area contributed by atoms with Gasteiger partial charge < -0.3 is 11.1 Å². The third kappa shape index (κ3) is 3.08. The molecule has 2 aromatic rings. The summed E-state index contributed by atoms with van der Waals surface area (Å²) in [5, 5.41) is 3.46. The van der Waals surface area contributed by atoms with Crippen LogP contribution in [-0.4, -0.2) is 9.97 Å². The van der Waals surface area contributed by atoms with Crippen LogP contribution in [-0.2, 0) is 6.54 Å². The molecule has 1 aromatic carbocycles. The summed E-state index contributed by atoms with van der Waals surface area (Å²) in [4.78, 5) is 7.83. The summed E-state index contributed by atoms with van der Waals surface area (Å²) in [6.45, 7) is 0.621. The van der Waals surface area contributed by atoms with E-state index in [9.17, 15) is 0 Å². The number of hydrogen-bond donors (Lipinski definition) is 2. The molecule has 0 spiro atoms. The predicted molar refractivity (Wildman–Crippen MR) is 72.9 cm³/mol. The minimum absolute atomic E-state index is 0.276. The summed E-state index contributed by atoms with van der Waals surface area (Å²) in [5.74, 6) is 0.817. The molecule has 0 aliphatic carbocycles. The molecule has 88 valence electrons. The molecule has 4 nitrogen and oxygen atoms in total. The maximum absolute atomic E-state index is 5.97. The fourth-order valence-electron chi connectivity index (χ4n) is 1.34. The van der Waals surface area contributed by atoms with Crippen LogP contribution in [0.15, 0.2) is 35.1 Å². The lowest BCUT2D eigenvalue weighted by molar-refractivity contribution is 1.08. The number of nitrogens with one attached hydrogen (secondary N) is 1. The quantitative estimate of drug-likeness (QED) is 0.914. The van der Waals surface area contributed by atoms with Gasteiger partial charge in [0.2, 0.25) is 0 Å². The lowest BCUT2D eigenvalue weighted by atomic mass is 10.2. The van der Waals surface area contributed by atoms with Crippen LogP contribution in [0, 0.1) is 0 Å². The lowest BCUT2D eigenvalue weighted by Gasteiger charge is -2.08.